The Balaban J connectivity index is 2.51. The third-order valence-corrected chi connectivity index (χ3v) is 2.47. The molecule has 0 heterocycles. The smallest absolute Gasteiger partial charge is 0.261 e. The van der Waals surface area contributed by atoms with Gasteiger partial charge in [0.15, 0.2) is 6.61 Å². The second kappa shape index (κ2) is 7.97. The minimum Gasteiger partial charge on any atom is -0.497 e. The van der Waals surface area contributed by atoms with E-state index in [1.165, 1.54) is 0 Å². The van der Waals surface area contributed by atoms with Gasteiger partial charge >= 0.3 is 0 Å². The van der Waals surface area contributed by atoms with Crippen LogP contribution < -0.4 is 9.47 Å². The molecule has 0 aromatic heterocycles. The molecule has 0 unspecified atom stereocenters. The highest BCUT2D eigenvalue weighted by atomic mass is 16.5. The summed E-state index contributed by atoms with van der Waals surface area (Å²) in [4.78, 5) is 13.5. The molecule has 1 aromatic rings. The standard InChI is InChI=1S/C15H19NO3/c1-4-10-16(11-5-2)15(17)12-19-14-8-6-13(18-3)7-9-14/h4-9H,1-2,10-12H2,3H3. The Bertz CT molecular complexity index is 416. The summed E-state index contributed by atoms with van der Waals surface area (Å²) >= 11 is 0. The maximum Gasteiger partial charge on any atom is 0.261 e. The molecule has 4 heteroatoms. The minimum absolute atomic E-state index is 0.00594. The van der Waals surface area contributed by atoms with Gasteiger partial charge in [0.05, 0.1) is 7.11 Å². The van der Waals surface area contributed by atoms with E-state index < -0.39 is 0 Å². The molecule has 4 nitrogen and oxygen atoms in total. The van der Waals surface area contributed by atoms with Crippen LogP contribution in [0.1, 0.15) is 0 Å². The van der Waals surface area contributed by atoms with Gasteiger partial charge in [0.1, 0.15) is 11.5 Å². The number of rotatable bonds is 8. The highest BCUT2D eigenvalue weighted by Crippen LogP contribution is 2.16. The molecule has 1 aromatic carbocycles. The van der Waals surface area contributed by atoms with Crippen molar-refractivity contribution in [2.24, 2.45) is 0 Å². The molecule has 0 aliphatic carbocycles. The van der Waals surface area contributed by atoms with Crippen molar-refractivity contribution in [1.29, 1.82) is 0 Å². The summed E-state index contributed by atoms with van der Waals surface area (Å²) in [5.41, 5.74) is 0. The van der Waals surface area contributed by atoms with Crippen molar-refractivity contribution in [3.63, 3.8) is 0 Å². The normalized spacial score (nSPS) is 9.53. The molecular formula is C15H19NO3. The summed E-state index contributed by atoms with van der Waals surface area (Å²) < 4.78 is 10.5. The molecule has 102 valence electrons. The first kappa shape index (κ1) is 14.8. The second-order valence-electron chi connectivity index (χ2n) is 3.84. The molecule has 0 saturated carbocycles. The summed E-state index contributed by atoms with van der Waals surface area (Å²) in [5.74, 6) is 1.28. The van der Waals surface area contributed by atoms with Crippen LogP contribution in [-0.4, -0.2) is 37.6 Å². The van der Waals surface area contributed by atoms with Crippen molar-refractivity contribution < 1.29 is 14.3 Å². The van der Waals surface area contributed by atoms with Gasteiger partial charge in [0.25, 0.3) is 5.91 Å². The average molecular weight is 261 g/mol. The quantitative estimate of drug-likeness (QED) is 0.674. The first-order valence-electron chi connectivity index (χ1n) is 5.97. The van der Waals surface area contributed by atoms with E-state index in [1.54, 1.807) is 48.4 Å². The number of carbonyl (C=O) groups excluding carboxylic acids is 1. The molecule has 0 saturated heterocycles. The fourth-order valence-electron chi connectivity index (χ4n) is 1.50. The first-order valence-corrected chi connectivity index (χ1v) is 5.97. The van der Waals surface area contributed by atoms with Gasteiger partial charge in [-0.25, -0.2) is 0 Å². The molecule has 0 spiro atoms. The van der Waals surface area contributed by atoms with Crippen LogP contribution in [0.2, 0.25) is 0 Å². The molecule has 0 N–H and O–H groups in total. The van der Waals surface area contributed by atoms with Gasteiger partial charge in [-0.05, 0) is 24.3 Å². The van der Waals surface area contributed by atoms with Crippen LogP contribution in [0.5, 0.6) is 11.5 Å². The van der Waals surface area contributed by atoms with Crippen molar-refractivity contribution in [1.82, 2.24) is 4.90 Å². The van der Waals surface area contributed by atoms with E-state index >= 15 is 0 Å². The molecule has 19 heavy (non-hydrogen) atoms. The van der Waals surface area contributed by atoms with E-state index in [-0.39, 0.29) is 12.5 Å². The molecule has 0 radical (unpaired) electrons. The highest BCUT2D eigenvalue weighted by Gasteiger charge is 2.11. The second-order valence-corrected chi connectivity index (χ2v) is 3.84. The number of methoxy groups -OCH3 is 1. The van der Waals surface area contributed by atoms with E-state index in [9.17, 15) is 4.79 Å². The lowest BCUT2D eigenvalue weighted by molar-refractivity contribution is -0.132. The van der Waals surface area contributed by atoms with Crippen molar-refractivity contribution in [3.05, 3.63) is 49.6 Å². The van der Waals surface area contributed by atoms with Gasteiger partial charge in [0.2, 0.25) is 0 Å². The molecule has 0 aliphatic heterocycles. The van der Waals surface area contributed by atoms with Crippen LogP contribution in [-0.2, 0) is 4.79 Å². The molecule has 1 amide bonds. The van der Waals surface area contributed by atoms with Gasteiger partial charge in [-0.2, -0.15) is 0 Å². The van der Waals surface area contributed by atoms with Gasteiger partial charge in [-0.1, -0.05) is 12.2 Å². The predicted octanol–water partition coefficient (Wildman–Crippen LogP) is 2.27. The summed E-state index contributed by atoms with van der Waals surface area (Å²) in [6, 6.07) is 7.09. The molecular weight excluding hydrogens is 242 g/mol. The average Bonchev–Trinajstić information content (AvgIpc) is 2.45. The number of benzene rings is 1. The fourth-order valence-corrected chi connectivity index (χ4v) is 1.50. The Hall–Kier alpha value is -2.23. The topological polar surface area (TPSA) is 38.8 Å². The van der Waals surface area contributed by atoms with Gasteiger partial charge < -0.3 is 14.4 Å². The lowest BCUT2D eigenvalue weighted by atomic mass is 10.3. The predicted molar refractivity (Wildman–Crippen MR) is 75.5 cm³/mol. The number of carbonyl (C=O) groups is 1. The Kier molecular flexibility index (Phi) is 6.22. The first-order chi connectivity index (χ1) is 9.21. The molecule has 0 bridgehead atoms. The lowest BCUT2D eigenvalue weighted by Gasteiger charge is -2.19. The van der Waals surface area contributed by atoms with Crippen LogP contribution in [0.4, 0.5) is 0 Å². The zero-order valence-corrected chi connectivity index (χ0v) is 11.2. The van der Waals surface area contributed by atoms with Gasteiger partial charge in [-0.15, -0.1) is 13.2 Å². The van der Waals surface area contributed by atoms with Crippen molar-refractivity contribution in [2.45, 2.75) is 0 Å². The molecule has 1 rings (SSSR count). The zero-order chi connectivity index (χ0) is 14.1. The number of amides is 1. The Morgan fingerprint density at radius 2 is 1.68 bits per heavy atom. The van der Waals surface area contributed by atoms with Crippen LogP contribution in [0.15, 0.2) is 49.6 Å². The summed E-state index contributed by atoms with van der Waals surface area (Å²) in [6.45, 7) is 8.20. The third-order valence-electron chi connectivity index (χ3n) is 2.47. The minimum atomic E-state index is -0.101. The van der Waals surface area contributed by atoms with E-state index in [0.717, 1.165) is 5.75 Å². The van der Waals surface area contributed by atoms with Gasteiger partial charge in [-0.3, -0.25) is 4.79 Å². The maximum absolute atomic E-state index is 11.9. The van der Waals surface area contributed by atoms with Crippen molar-refractivity contribution >= 4 is 5.91 Å². The Morgan fingerprint density at radius 1 is 1.16 bits per heavy atom. The van der Waals surface area contributed by atoms with Crippen LogP contribution in [0, 0.1) is 0 Å². The van der Waals surface area contributed by atoms with E-state index in [2.05, 4.69) is 13.2 Å². The van der Waals surface area contributed by atoms with Crippen molar-refractivity contribution in [2.75, 3.05) is 26.8 Å². The third kappa shape index (κ3) is 4.87. The Labute approximate surface area is 113 Å². The van der Waals surface area contributed by atoms with E-state index in [1.807, 2.05) is 0 Å². The number of nitrogens with zero attached hydrogens (tertiary/aromatic N) is 1. The van der Waals surface area contributed by atoms with E-state index in [0.29, 0.717) is 18.8 Å². The SMILES string of the molecule is C=CCN(CC=C)C(=O)COc1ccc(OC)cc1. The summed E-state index contributed by atoms with van der Waals surface area (Å²) in [5, 5.41) is 0. The zero-order valence-electron chi connectivity index (χ0n) is 11.2. The molecule has 0 fully saturated rings. The fraction of sp³-hybridized carbons (Fsp3) is 0.267. The van der Waals surface area contributed by atoms with Crippen LogP contribution in [0.25, 0.3) is 0 Å². The molecule has 0 atom stereocenters. The Morgan fingerprint density at radius 3 is 2.16 bits per heavy atom. The van der Waals surface area contributed by atoms with E-state index in [4.69, 9.17) is 9.47 Å². The number of hydrogen-bond donors (Lipinski definition) is 0. The number of hydrogen-bond acceptors (Lipinski definition) is 3. The summed E-state index contributed by atoms with van der Waals surface area (Å²) in [6.07, 6.45) is 3.35. The number of ether oxygens (including phenoxy) is 2. The summed E-state index contributed by atoms with van der Waals surface area (Å²) in [7, 11) is 1.60. The van der Waals surface area contributed by atoms with Crippen LogP contribution in [0.3, 0.4) is 0 Å². The lowest BCUT2D eigenvalue weighted by Crippen LogP contribution is -2.35. The largest absolute Gasteiger partial charge is 0.497 e. The van der Waals surface area contributed by atoms with Crippen molar-refractivity contribution in [3.8, 4) is 11.5 Å². The van der Waals surface area contributed by atoms with Gasteiger partial charge in [0, 0.05) is 13.1 Å². The maximum atomic E-state index is 11.9. The molecule has 0 aliphatic rings. The monoisotopic (exact) mass is 261 g/mol. The highest BCUT2D eigenvalue weighted by molar-refractivity contribution is 5.78. The van der Waals surface area contributed by atoms with Crippen LogP contribution >= 0.6 is 0 Å².